The van der Waals surface area contributed by atoms with E-state index in [0.717, 1.165) is 43.6 Å². The molecule has 1 aliphatic carbocycles. The minimum atomic E-state index is 0.481. The summed E-state index contributed by atoms with van der Waals surface area (Å²) in [5.74, 6) is 2.52. The van der Waals surface area contributed by atoms with Crippen molar-refractivity contribution in [2.24, 2.45) is 5.92 Å². The summed E-state index contributed by atoms with van der Waals surface area (Å²) in [4.78, 5) is 0. The van der Waals surface area contributed by atoms with E-state index in [9.17, 15) is 0 Å². The van der Waals surface area contributed by atoms with E-state index in [1.165, 1.54) is 19.3 Å². The van der Waals surface area contributed by atoms with Crippen LogP contribution in [0.5, 0.6) is 11.5 Å². The van der Waals surface area contributed by atoms with Gasteiger partial charge in [0.15, 0.2) is 11.5 Å². The number of para-hydroxylation sites is 2. The Kier molecular flexibility index (Phi) is 6.19. The number of benzene rings is 1. The zero-order valence-corrected chi connectivity index (χ0v) is 12.7. The van der Waals surface area contributed by atoms with Crippen molar-refractivity contribution in [2.45, 2.75) is 45.6 Å². The van der Waals surface area contributed by atoms with Gasteiger partial charge in [-0.05, 0) is 50.3 Å². The maximum absolute atomic E-state index is 6.01. The summed E-state index contributed by atoms with van der Waals surface area (Å²) in [5.41, 5.74) is 0. The maximum Gasteiger partial charge on any atom is 0.161 e. The van der Waals surface area contributed by atoms with Gasteiger partial charge in [-0.15, -0.1) is 0 Å². The summed E-state index contributed by atoms with van der Waals surface area (Å²) < 4.78 is 11.7. The summed E-state index contributed by atoms with van der Waals surface area (Å²) >= 11 is 0. The maximum atomic E-state index is 6.01. The summed E-state index contributed by atoms with van der Waals surface area (Å²) in [5, 5.41) is 3.60. The number of rotatable bonds is 10. The third-order valence-corrected chi connectivity index (χ3v) is 3.58. The van der Waals surface area contributed by atoms with Crippen LogP contribution in [0.25, 0.3) is 0 Å². The van der Waals surface area contributed by atoms with Crippen molar-refractivity contribution in [3.8, 4) is 11.5 Å². The first-order valence-corrected chi connectivity index (χ1v) is 7.93. The van der Waals surface area contributed by atoms with Gasteiger partial charge in [0.25, 0.3) is 0 Å². The second-order valence-corrected chi connectivity index (χ2v) is 5.50. The van der Waals surface area contributed by atoms with E-state index in [2.05, 4.69) is 19.2 Å². The summed E-state index contributed by atoms with van der Waals surface area (Å²) in [6, 6.07) is 8.45. The fourth-order valence-electron chi connectivity index (χ4n) is 2.27. The molecule has 1 unspecified atom stereocenters. The molecule has 0 amide bonds. The molecule has 0 radical (unpaired) electrons. The summed E-state index contributed by atoms with van der Waals surface area (Å²) in [6.07, 6.45) is 4.84. The van der Waals surface area contributed by atoms with E-state index in [0.29, 0.717) is 6.04 Å². The molecule has 0 spiro atoms. The van der Waals surface area contributed by atoms with Crippen LogP contribution in [0.4, 0.5) is 0 Å². The fraction of sp³-hybridized carbons (Fsp3) is 0.647. The molecule has 1 fully saturated rings. The highest BCUT2D eigenvalue weighted by Crippen LogP contribution is 2.34. The number of ether oxygens (including phenoxy) is 2. The first-order chi connectivity index (χ1) is 9.85. The first kappa shape index (κ1) is 15.2. The third-order valence-electron chi connectivity index (χ3n) is 3.58. The van der Waals surface area contributed by atoms with Gasteiger partial charge in [-0.1, -0.05) is 26.0 Å². The smallest absolute Gasteiger partial charge is 0.161 e. The summed E-state index contributed by atoms with van der Waals surface area (Å²) in [7, 11) is 0. The van der Waals surface area contributed by atoms with Gasteiger partial charge in [0.1, 0.15) is 6.61 Å². The molecule has 20 heavy (non-hydrogen) atoms. The van der Waals surface area contributed by atoms with Crippen molar-refractivity contribution in [3.63, 3.8) is 0 Å². The topological polar surface area (TPSA) is 30.5 Å². The molecule has 0 saturated heterocycles. The molecule has 1 N–H and O–H groups in total. The zero-order chi connectivity index (χ0) is 14.2. The average molecular weight is 277 g/mol. The zero-order valence-electron chi connectivity index (χ0n) is 12.7. The van der Waals surface area contributed by atoms with Gasteiger partial charge in [0.2, 0.25) is 0 Å². The largest absolute Gasteiger partial charge is 0.490 e. The lowest BCUT2D eigenvalue weighted by atomic mass is 10.2. The molecule has 0 bridgehead atoms. The van der Waals surface area contributed by atoms with Crippen molar-refractivity contribution in [2.75, 3.05) is 19.8 Å². The Bertz CT molecular complexity index is 390. The van der Waals surface area contributed by atoms with Crippen LogP contribution in [-0.2, 0) is 0 Å². The number of hydrogen-bond acceptors (Lipinski definition) is 3. The Balaban J connectivity index is 1.87. The van der Waals surface area contributed by atoms with Crippen LogP contribution in [0, 0.1) is 5.92 Å². The van der Waals surface area contributed by atoms with E-state index < -0.39 is 0 Å². The van der Waals surface area contributed by atoms with E-state index in [-0.39, 0.29) is 0 Å². The molecule has 112 valence electrons. The van der Waals surface area contributed by atoms with Crippen molar-refractivity contribution in [1.82, 2.24) is 5.32 Å². The predicted molar refractivity (Wildman–Crippen MR) is 82.5 cm³/mol. The Morgan fingerprint density at radius 2 is 1.80 bits per heavy atom. The highest BCUT2D eigenvalue weighted by Gasteiger charge is 2.31. The molecular formula is C17H27NO2. The number of hydrogen-bond donors (Lipinski definition) is 1. The monoisotopic (exact) mass is 277 g/mol. The molecule has 1 aromatic rings. The average Bonchev–Trinajstić information content (AvgIpc) is 3.31. The summed E-state index contributed by atoms with van der Waals surface area (Å²) in [6.45, 7) is 6.85. The number of nitrogens with one attached hydrogen (secondary N) is 1. The molecular weight excluding hydrogens is 250 g/mol. The Labute approximate surface area is 122 Å². The second kappa shape index (κ2) is 8.15. The van der Waals surface area contributed by atoms with Crippen LogP contribution in [0.2, 0.25) is 0 Å². The van der Waals surface area contributed by atoms with Crippen molar-refractivity contribution in [1.29, 1.82) is 0 Å². The van der Waals surface area contributed by atoms with Crippen LogP contribution < -0.4 is 14.8 Å². The van der Waals surface area contributed by atoms with E-state index in [4.69, 9.17) is 9.47 Å². The van der Waals surface area contributed by atoms with Crippen LogP contribution in [0.1, 0.15) is 39.5 Å². The lowest BCUT2D eigenvalue weighted by Gasteiger charge is -2.19. The Morgan fingerprint density at radius 1 is 1.10 bits per heavy atom. The molecule has 0 aliphatic heterocycles. The standard InChI is InChI=1S/C17H27NO2/c1-3-11-18-15(14-9-10-14)13-20-17-8-6-5-7-16(17)19-12-4-2/h5-8,14-15,18H,3-4,9-13H2,1-2H3. The van der Waals surface area contributed by atoms with Crippen molar-refractivity contribution in [3.05, 3.63) is 24.3 Å². The van der Waals surface area contributed by atoms with E-state index in [1.54, 1.807) is 0 Å². The predicted octanol–water partition coefficient (Wildman–Crippen LogP) is 3.63. The molecule has 1 aliphatic rings. The molecule has 1 aromatic carbocycles. The van der Waals surface area contributed by atoms with Crippen LogP contribution in [0.15, 0.2) is 24.3 Å². The molecule has 1 atom stereocenters. The molecule has 0 heterocycles. The van der Waals surface area contributed by atoms with Crippen molar-refractivity contribution >= 4 is 0 Å². The van der Waals surface area contributed by atoms with Gasteiger partial charge in [0.05, 0.1) is 6.61 Å². The SMILES string of the molecule is CCCNC(COc1ccccc1OCCC)C1CC1. The molecule has 1 saturated carbocycles. The second-order valence-electron chi connectivity index (χ2n) is 5.50. The van der Waals surface area contributed by atoms with Gasteiger partial charge < -0.3 is 14.8 Å². The molecule has 3 nitrogen and oxygen atoms in total. The lowest BCUT2D eigenvalue weighted by molar-refractivity contribution is 0.230. The van der Waals surface area contributed by atoms with Crippen molar-refractivity contribution < 1.29 is 9.47 Å². The minimum Gasteiger partial charge on any atom is -0.490 e. The Morgan fingerprint density at radius 3 is 2.40 bits per heavy atom. The lowest BCUT2D eigenvalue weighted by Crippen LogP contribution is -2.37. The van der Waals surface area contributed by atoms with Crippen LogP contribution in [0.3, 0.4) is 0 Å². The van der Waals surface area contributed by atoms with Gasteiger partial charge in [-0.25, -0.2) is 0 Å². The molecule has 3 heteroatoms. The van der Waals surface area contributed by atoms with Crippen LogP contribution in [-0.4, -0.2) is 25.8 Å². The molecule has 0 aromatic heterocycles. The van der Waals surface area contributed by atoms with E-state index >= 15 is 0 Å². The quantitative estimate of drug-likeness (QED) is 0.708. The minimum absolute atomic E-state index is 0.481. The third kappa shape index (κ3) is 4.71. The van der Waals surface area contributed by atoms with Gasteiger partial charge in [-0.2, -0.15) is 0 Å². The van der Waals surface area contributed by atoms with Gasteiger partial charge in [0, 0.05) is 6.04 Å². The first-order valence-electron chi connectivity index (χ1n) is 7.93. The normalized spacial score (nSPS) is 15.9. The van der Waals surface area contributed by atoms with Crippen LogP contribution >= 0.6 is 0 Å². The van der Waals surface area contributed by atoms with Gasteiger partial charge >= 0.3 is 0 Å². The highest BCUT2D eigenvalue weighted by molar-refractivity contribution is 5.39. The van der Waals surface area contributed by atoms with E-state index in [1.807, 2.05) is 24.3 Å². The fourth-order valence-corrected chi connectivity index (χ4v) is 2.27. The highest BCUT2D eigenvalue weighted by atomic mass is 16.5. The Hall–Kier alpha value is -1.22. The van der Waals surface area contributed by atoms with Gasteiger partial charge in [-0.3, -0.25) is 0 Å². The molecule has 2 rings (SSSR count).